The molecule has 0 saturated carbocycles. The van der Waals surface area contributed by atoms with Crippen molar-refractivity contribution in [3.05, 3.63) is 82.7 Å². The van der Waals surface area contributed by atoms with Crippen LogP contribution in [0.3, 0.4) is 0 Å². The maximum Gasteiger partial charge on any atom is 0.303 e. The smallest absolute Gasteiger partial charge is 0.303 e. The molecular weight excluding hydrogens is 493 g/mol. The number of ether oxygens (including phenoxy) is 1. The van der Waals surface area contributed by atoms with Crippen molar-refractivity contribution in [2.24, 2.45) is 0 Å². The molecule has 8 heteroatoms. The molecule has 2 N–H and O–H groups in total. The number of sulfone groups is 1. The minimum Gasteiger partial charge on any atom is -0.490 e. The van der Waals surface area contributed by atoms with E-state index in [-0.39, 0.29) is 30.5 Å². The highest BCUT2D eigenvalue weighted by atomic mass is 32.2. The molecule has 3 aromatic rings. The molecule has 0 spiro atoms. The van der Waals surface area contributed by atoms with E-state index in [4.69, 9.17) is 9.84 Å². The predicted octanol–water partition coefficient (Wildman–Crippen LogP) is 5.69. The SMILES string of the molecule is Cc1ccc(CNc2ccc(CCC(=O)O)c(F)c2)c(C)c1-c1ccc(OC2CCS(=O)(=O)CC2)cc1. The van der Waals surface area contributed by atoms with Crippen LogP contribution in [0.2, 0.25) is 0 Å². The average molecular weight is 526 g/mol. The lowest BCUT2D eigenvalue weighted by Crippen LogP contribution is -2.30. The Morgan fingerprint density at radius 3 is 2.35 bits per heavy atom. The van der Waals surface area contributed by atoms with Gasteiger partial charge in [0.05, 0.1) is 11.5 Å². The average Bonchev–Trinajstić information content (AvgIpc) is 2.85. The maximum atomic E-state index is 14.4. The van der Waals surface area contributed by atoms with Crippen LogP contribution in [-0.4, -0.2) is 37.1 Å². The number of anilines is 1. The quantitative estimate of drug-likeness (QED) is 0.373. The van der Waals surface area contributed by atoms with Gasteiger partial charge in [0.15, 0.2) is 9.84 Å². The number of aryl methyl sites for hydroxylation is 2. The summed E-state index contributed by atoms with van der Waals surface area (Å²) in [5.41, 5.74) is 6.56. The molecule has 1 heterocycles. The highest BCUT2D eigenvalue weighted by molar-refractivity contribution is 7.91. The van der Waals surface area contributed by atoms with Gasteiger partial charge in [-0.3, -0.25) is 4.79 Å². The number of carboxylic acids is 1. The Kier molecular flexibility index (Phi) is 8.17. The van der Waals surface area contributed by atoms with Crippen molar-refractivity contribution in [1.29, 1.82) is 0 Å². The molecular formula is C29H32FNO5S. The summed E-state index contributed by atoms with van der Waals surface area (Å²) in [5.74, 6) is -0.275. The van der Waals surface area contributed by atoms with Gasteiger partial charge in [-0.2, -0.15) is 0 Å². The summed E-state index contributed by atoms with van der Waals surface area (Å²) in [5, 5.41) is 12.1. The van der Waals surface area contributed by atoms with Gasteiger partial charge in [-0.05, 0) is 90.8 Å². The number of hydrogen-bond acceptors (Lipinski definition) is 5. The topological polar surface area (TPSA) is 92.7 Å². The number of nitrogens with one attached hydrogen (secondary N) is 1. The molecule has 3 aromatic carbocycles. The summed E-state index contributed by atoms with van der Waals surface area (Å²) >= 11 is 0. The first kappa shape index (κ1) is 26.7. The van der Waals surface area contributed by atoms with E-state index < -0.39 is 21.6 Å². The first-order valence-corrected chi connectivity index (χ1v) is 14.2. The zero-order valence-corrected chi connectivity index (χ0v) is 21.9. The standard InChI is InChI=1S/C29H32FNO5S/c1-19-3-4-23(18-31-24-9-5-21(27(30)17-24)8-12-28(32)33)20(2)29(19)22-6-10-25(11-7-22)36-26-13-15-37(34,35)16-14-26/h3-7,9-11,17,26,31H,8,12-16,18H2,1-2H3,(H,32,33). The van der Waals surface area contributed by atoms with Gasteiger partial charge in [0, 0.05) is 18.7 Å². The molecule has 0 amide bonds. The second kappa shape index (κ2) is 11.3. The van der Waals surface area contributed by atoms with Crippen LogP contribution >= 0.6 is 0 Å². The first-order valence-electron chi connectivity index (χ1n) is 12.4. The Labute approximate surface area is 217 Å². The van der Waals surface area contributed by atoms with Crippen molar-refractivity contribution in [1.82, 2.24) is 0 Å². The summed E-state index contributed by atoms with van der Waals surface area (Å²) in [7, 11) is -2.92. The number of carboxylic acid groups (broad SMARTS) is 1. The number of halogens is 1. The van der Waals surface area contributed by atoms with Crippen LogP contribution in [0.15, 0.2) is 54.6 Å². The zero-order valence-electron chi connectivity index (χ0n) is 21.1. The lowest BCUT2D eigenvalue weighted by atomic mass is 9.92. The van der Waals surface area contributed by atoms with Crippen molar-refractivity contribution in [2.75, 3.05) is 16.8 Å². The molecule has 0 unspecified atom stereocenters. The molecule has 0 bridgehead atoms. The Morgan fingerprint density at radius 1 is 1.03 bits per heavy atom. The highest BCUT2D eigenvalue weighted by Crippen LogP contribution is 2.32. The van der Waals surface area contributed by atoms with Gasteiger partial charge in [0.2, 0.25) is 0 Å². The second-order valence-electron chi connectivity index (χ2n) is 9.59. The molecule has 37 heavy (non-hydrogen) atoms. The van der Waals surface area contributed by atoms with E-state index in [1.807, 2.05) is 24.3 Å². The summed E-state index contributed by atoms with van der Waals surface area (Å²) in [6.45, 7) is 4.65. The summed E-state index contributed by atoms with van der Waals surface area (Å²) < 4.78 is 43.7. The molecule has 0 atom stereocenters. The lowest BCUT2D eigenvalue weighted by Gasteiger charge is -2.23. The van der Waals surface area contributed by atoms with Crippen molar-refractivity contribution in [3.63, 3.8) is 0 Å². The molecule has 6 nitrogen and oxygen atoms in total. The van der Waals surface area contributed by atoms with Crippen LogP contribution in [0.5, 0.6) is 5.75 Å². The first-order chi connectivity index (χ1) is 17.6. The Balaban J connectivity index is 1.44. The Hall–Kier alpha value is -3.39. The molecule has 0 aromatic heterocycles. The third kappa shape index (κ3) is 6.89. The third-order valence-corrected chi connectivity index (χ3v) is 8.59. The van der Waals surface area contributed by atoms with E-state index in [1.54, 1.807) is 12.1 Å². The summed E-state index contributed by atoms with van der Waals surface area (Å²) in [6.07, 6.45) is 1.02. The van der Waals surface area contributed by atoms with Crippen molar-refractivity contribution >= 4 is 21.5 Å². The minimum absolute atomic E-state index is 0.0803. The summed E-state index contributed by atoms with van der Waals surface area (Å²) in [6, 6.07) is 16.8. The van der Waals surface area contributed by atoms with E-state index in [9.17, 15) is 17.6 Å². The highest BCUT2D eigenvalue weighted by Gasteiger charge is 2.24. The molecule has 0 aliphatic carbocycles. The number of aliphatic carboxylic acids is 1. The van der Waals surface area contributed by atoms with Gasteiger partial charge in [0.25, 0.3) is 0 Å². The molecule has 4 rings (SSSR count). The summed E-state index contributed by atoms with van der Waals surface area (Å²) in [4.78, 5) is 10.8. The van der Waals surface area contributed by atoms with Crippen LogP contribution in [0.25, 0.3) is 11.1 Å². The number of rotatable bonds is 9. The molecule has 1 saturated heterocycles. The van der Waals surface area contributed by atoms with Gasteiger partial charge in [-0.15, -0.1) is 0 Å². The number of hydrogen-bond donors (Lipinski definition) is 2. The molecule has 1 aliphatic rings. The van der Waals surface area contributed by atoms with Crippen molar-refractivity contribution in [2.45, 2.75) is 52.2 Å². The lowest BCUT2D eigenvalue weighted by molar-refractivity contribution is -0.136. The second-order valence-corrected chi connectivity index (χ2v) is 11.9. The monoisotopic (exact) mass is 525 g/mol. The fourth-order valence-electron chi connectivity index (χ4n) is 4.70. The van der Waals surface area contributed by atoms with E-state index in [0.717, 1.165) is 33.6 Å². The van der Waals surface area contributed by atoms with Crippen molar-refractivity contribution in [3.8, 4) is 16.9 Å². The molecule has 196 valence electrons. The minimum atomic E-state index is -2.92. The largest absolute Gasteiger partial charge is 0.490 e. The van der Waals surface area contributed by atoms with Crippen molar-refractivity contribution < 1.29 is 27.4 Å². The van der Waals surface area contributed by atoms with E-state index in [0.29, 0.717) is 30.6 Å². The third-order valence-electron chi connectivity index (χ3n) is 6.88. The molecule has 1 fully saturated rings. The Morgan fingerprint density at radius 2 is 1.70 bits per heavy atom. The molecule has 0 radical (unpaired) electrons. The van der Waals surface area contributed by atoms with Crippen LogP contribution in [-0.2, 0) is 27.6 Å². The van der Waals surface area contributed by atoms with Crippen LogP contribution in [0.1, 0.15) is 41.5 Å². The van der Waals surface area contributed by atoms with Gasteiger partial charge in [-0.1, -0.05) is 30.3 Å². The normalized spacial score (nSPS) is 15.3. The van der Waals surface area contributed by atoms with E-state index in [2.05, 4.69) is 31.3 Å². The maximum absolute atomic E-state index is 14.4. The van der Waals surface area contributed by atoms with E-state index >= 15 is 0 Å². The zero-order chi connectivity index (χ0) is 26.6. The number of benzene rings is 3. The van der Waals surface area contributed by atoms with Gasteiger partial charge in [0.1, 0.15) is 17.7 Å². The van der Waals surface area contributed by atoms with Gasteiger partial charge in [-0.25, -0.2) is 12.8 Å². The molecule has 1 aliphatic heterocycles. The van der Waals surface area contributed by atoms with Gasteiger partial charge >= 0.3 is 5.97 Å². The van der Waals surface area contributed by atoms with E-state index in [1.165, 1.54) is 6.07 Å². The fraction of sp³-hybridized carbons (Fsp3) is 0.345. The van der Waals surface area contributed by atoms with Crippen LogP contribution in [0.4, 0.5) is 10.1 Å². The Bertz CT molecular complexity index is 1370. The predicted molar refractivity (Wildman–Crippen MR) is 143 cm³/mol. The van der Waals surface area contributed by atoms with Crippen LogP contribution < -0.4 is 10.1 Å². The number of carbonyl (C=O) groups is 1. The van der Waals surface area contributed by atoms with Crippen LogP contribution in [0, 0.1) is 19.7 Å². The fourth-order valence-corrected chi connectivity index (χ4v) is 6.15. The van der Waals surface area contributed by atoms with Gasteiger partial charge < -0.3 is 15.2 Å².